The van der Waals surface area contributed by atoms with Crippen molar-refractivity contribution in [1.29, 1.82) is 5.26 Å². The molecule has 4 nitrogen and oxygen atoms in total. The van der Waals surface area contributed by atoms with Crippen molar-refractivity contribution in [2.75, 3.05) is 4.90 Å². The molecule has 19 heavy (non-hydrogen) atoms. The fraction of sp³-hybridized carbons (Fsp3) is 0.133. The Balaban J connectivity index is 2.44. The molecule has 2 aromatic rings. The van der Waals surface area contributed by atoms with Gasteiger partial charge in [0, 0.05) is 18.0 Å². The largest absolute Gasteiger partial charge is 0.273 e. The Bertz CT molecular complexity index is 652. The molecule has 0 aliphatic carbocycles. The van der Waals surface area contributed by atoms with Crippen LogP contribution in [0.25, 0.3) is 10.9 Å². The standard InChI is InChI=1S/C15H13N3O/c1-2-3-9-14(19)18(11-16)13-8-4-6-12-7-5-10-17-15(12)13/h2,4-8,10H,1,3,9H2. The maximum absolute atomic E-state index is 12.0. The summed E-state index contributed by atoms with van der Waals surface area (Å²) in [5, 5.41) is 10.1. The molecular weight excluding hydrogens is 238 g/mol. The monoisotopic (exact) mass is 251 g/mol. The van der Waals surface area contributed by atoms with Crippen LogP contribution in [0.5, 0.6) is 0 Å². The Morgan fingerprint density at radius 2 is 2.21 bits per heavy atom. The number of amides is 1. The van der Waals surface area contributed by atoms with Gasteiger partial charge < -0.3 is 0 Å². The topological polar surface area (TPSA) is 57.0 Å². The zero-order valence-corrected chi connectivity index (χ0v) is 10.4. The highest BCUT2D eigenvalue weighted by molar-refractivity contribution is 6.03. The van der Waals surface area contributed by atoms with Gasteiger partial charge in [0.2, 0.25) is 5.91 Å². The van der Waals surface area contributed by atoms with Crippen LogP contribution in [0.4, 0.5) is 5.69 Å². The molecule has 1 aromatic heterocycles. The Hall–Kier alpha value is -2.67. The van der Waals surface area contributed by atoms with Crippen LogP contribution in [0, 0.1) is 11.5 Å². The Morgan fingerprint density at radius 3 is 2.95 bits per heavy atom. The van der Waals surface area contributed by atoms with Crippen LogP contribution in [-0.2, 0) is 4.79 Å². The molecule has 1 heterocycles. The van der Waals surface area contributed by atoms with Gasteiger partial charge in [-0.1, -0.05) is 24.3 Å². The third-order valence-corrected chi connectivity index (χ3v) is 2.76. The predicted octanol–water partition coefficient (Wildman–Crippen LogP) is 3.02. The second-order valence-electron chi connectivity index (χ2n) is 4.01. The van der Waals surface area contributed by atoms with Gasteiger partial charge in [-0.2, -0.15) is 5.26 Å². The van der Waals surface area contributed by atoms with Crippen LogP contribution in [0.3, 0.4) is 0 Å². The van der Waals surface area contributed by atoms with Crippen molar-refractivity contribution in [2.45, 2.75) is 12.8 Å². The van der Waals surface area contributed by atoms with E-state index in [1.165, 1.54) is 0 Å². The molecule has 0 fully saturated rings. The van der Waals surface area contributed by atoms with Crippen LogP contribution in [-0.4, -0.2) is 10.9 Å². The average Bonchev–Trinajstić information content (AvgIpc) is 2.46. The number of fused-ring (bicyclic) bond motifs is 1. The lowest BCUT2D eigenvalue weighted by atomic mass is 10.1. The summed E-state index contributed by atoms with van der Waals surface area (Å²) in [6.07, 6.45) is 6.05. The summed E-state index contributed by atoms with van der Waals surface area (Å²) in [4.78, 5) is 17.3. The number of hydrogen-bond donors (Lipinski definition) is 0. The van der Waals surface area contributed by atoms with Crippen LogP contribution < -0.4 is 4.90 Å². The van der Waals surface area contributed by atoms with E-state index in [9.17, 15) is 10.1 Å². The Labute approximate surface area is 111 Å². The highest BCUT2D eigenvalue weighted by atomic mass is 16.2. The molecule has 1 amide bonds. The van der Waals surface area contributed by atoms with Gasteiger partial charge in [0.15, 0.2) is 6.19 Å². The Morgan fingerprint density at radius 1 is 1.42 bits per heavy atom. The van der Waals surface area contributed by atoms with E-state index in [-0.39, 0.29) is 12.3 Å². The maximum atomic E-state index is 12.0. The van der Waals surface area contributed by atoms with Crippen molar-refractivity contribution in [3.63, 3.8) is 0 Å². The summed E-state index contributed by atoms with van der Waals surface area (Å²) in [6, 6.07) is 9.16. The third kappa shape index (κ3) is 2.61. The van der Waals surface area contributed by atoms with E-state index in [2.05, 4.69) is 11.6 Å². The maximum Gasteiger partial charge on any atom is 0.240 e. The average molecular weight is 251 g/mol. The first kappa shape index (κ1) is 12.8. The van der Waals surface area contributed by atoms with Gasteiger partial charge in [-0.3, -0.25) is 9.78 Å². The van der Waals surface area contributed by atoms with Crippen LogP contribution in [0.1, 0.15) is 12.8 Å². The predicted molar refractivity (Wildman–Crippen MR) is 74.3 cm³/mol. The summed E-state index contributed by atoms with van der Waals surface area (Å²) in [5.41, 5.74) is 1.17. The van der Waals surface area contributed by atoms with Crippen molar-refractivity contribution in [2.24, 2.45) is 0 Å². The van der Waals surface area contributed by atoms with E-state index in [1.54, 1.807) is 18.3 Å². The molecule has 1 aromatic carbocycles. The molecule has 0 saturated heterocycles. The van der Waals surface area contributed by atoms with E-state index in [0.29, 0.717) is 17.6 Å². The second kappa shape index (κ2) is 5.78. The Kier molecular flexibility index (Phi) is 3.89. The molecule has 4 heteroatoms. The molecule has 0 bridgehead atoms. The SMILES string of the molecule is C=CCCC(=O)N(C#N)c1cccc2cccnc12. The summed E-state index contributed by atoms with van der Waals surface area (Å²) in [5.74, 6) is -0.249. The molecule has 0 atom stereocenters. The number of aromatic nitrogens is 1. The number of nitriles is 1. The first-order valence-corrected chi connectivity index (χ1v) is 5.95. The normalized spacial score (nSPS) is 9.84. The van der Waals surface area contributed by atoms with Crippen molar-refractivity contribution in [1.82, 2.24) is 4.98 Å². The van der Waals surface area contributed by atoms with Crippen molar-refractivity contribution < 1.29 is 4.79 Å². The highest BCUT2D eigenvalue weighted by Gasteiger charge is 2.17. The van der Waals surface area contributed by atoms with Gasteiger partial charge in [-0.25, -0.2) is 4.90 Å². The van der Waals surface area contributed by atoms with Gasteiger partial charge in [0.25, 0.3) is 0 Å². The van der Waals surface area contributed by atoms with Crippen LogP contribution in [0.15, 0.2) is 49.2 Å². The number of nitrogens with zero attached hydrogens (tertiary/aromatic N) is 3. The summed E-state index contributed by atoms with van der Waals surface area (Å²) < 4.78 is 0. The fourth-order valence-electron chi connectivity index (χ4n) is 1.85. The van der Waals surface area contributed by atoms with Crippen molar-refractivity contribution >= 4 is 22.5 Å². The minimum absolute atomic E-state index is 0.249. The number of para-hydroxylation sites is 1. The van der Waals surface area contributed by atoms with E-state index < -0.39 is 0 Å². The quantitative estimate of drug-likeness (QED) is 0.477. The molecule has 0 aliphatic rings. The van der Waals surface area contributed by atoms with Gasteiger partial charge in [-0.05, 0) is 18.6 Å². The summed E-state index contributed by atoms with van der Waals surface area (Å²) in [7, 11) is 0. The van der Waals surface area contributed by atoms with E-state index in [1.807, 2.05) is 30.5 Å². The molecule has 0 saturated carbocycles. The van der Waals surface area contributed by atoms with E-state index in [4.69, 9.17) is 0 Å². The number of pyridine rings is 1. The lowest BCUT2D eigenvalue weighted by molar-refractivity contribution is -0.117. The molecule has 0 N–H and O–H groups in total. The number of carbonyl (C=O) groups is 1. The number of allylic oxidation sites excluding steroid dienone is 1. The number of rotatable bonds is 4. The number of benzene rings is 1. The van der Waals surface area contributed by atoms with Gasteiger partial charge in [0.05, 0.1) is 11.2 Å². The zero-order chi connectivity index (χ0) is 13.7. The molecule has 2 rings (SSSR count). The van der Waals surface area contributed by atoms with Crippen molar-refractivity contribution in [3.05, 3.63) is 49.2 Å². The third-order valence-electron chi connectivity index (χ3n) is 2.76. The highest BCUT2D eigenvalue weighted by Crippen LogP contribution is 2.25. The molecular formula is C15H13N3O. The molecule has 94 valence electrons. The zero-order valence-electron chi connectivity index (χ0n) is 10.4. The summed E-state index contributed by atoms with van der Waals surface area (Å²) >= 11 is 0. The lowest BCUT2D eigenvalue weighted by Crippen LogP contribution is -2.25. The van der Waals surface area contributed by atoms with Gasteiger partial charge in [0.1, 0.15) is 0 Å². The van der Waals surface area contributed by atoms with E-state index in [0.717, 1.165) is 10.3 Å². The number of carbonyl (C=O) groups excluding carboxylic acids is 1. The second-order valence-corrected chi connectivity index (χ2v) is 4.01. The van der Waals surface area contributed by atoms with Crippen molar-refractivity contribution in [3.8, 4) is 6.19 Å². The van der Waals surface area contributed by atoms with E-state index >= 15 is 0 Å². The molecule has 0 radical (unpaired) electrons. The minimum Gasteiger partial charge on any atom is -0.273 e. The smallest absolute Gasteiger partial charge is 0.240 e. The van der Waals surface area contributed by atoms with Gasteiger partial charge in [-0.15, -0.1) is 6.58 Å². The van der Waals surface area contributed by atoms with Crippen LogP contribution in [0.2, 0.25) is 0 Å². The number of hydrogen-bond acceptors (Lipinski definition) is 3. The summed E-state index contributed by atoms with van der Waals surface area (Å²) in [6.45, 7) is 3.57. The molecule has 0 aliphatic heterocycles. The fourth-order valence-corrected chi connectivity index (χ4v) is 1.85. The number of anilines is 1. The minimum atomic E-state index is -0.249. The first-order chi connectivity index (χ1) is 9.27. The van der Waals surface area contributed by atoms with Gasteiger partial charge >= 0.3 is 0 Å². The molecule has 0 spiro atoms. The lowest BCUT2D eigenvalue weighted by Gasteiger charge is -2.14. The van der Waals surface area contributed by atoms with Crippen LogP contribution >= 0.6 is 0 Å². The molecule has 0 unspecified atom stereocenters. The first-order valence-electron chi connectivity index (χ1n) is 5.95.